The topological polar surface area (TPSA) is 26.3 Å². The van der Waals surface area contributed by atoms with Crippen molar-refractivity contribution in [1.82, 2.24) is 0 Å². The van der Waals surface area contributed by atoms with Crippen LogP contribution in [0, 0.1) is 0 Å². The van der Waals surface area contributed by atoms with Crippen molar-refractivity contribution in [2.24, 2.45) is 0 Å². The summed E-state index contributed by atoms with van der Waals surface area (Å²) >= 11 is 0. The molecule has 3 heteroatoms. The molecule has 2 nitrogen and oxygen atoms in total. The number of carbonyl (C=O) groups is 1. The SMILES string of the molecule is CCCCCC=CCC=CCCCCCCCCC(=O)CCCCCCCCO[Si](c1ccccc1)(c1ccccc1)C(C)(C)C. The lowest BCUT2D eigenvalue weighted by Crippen LogP contribution is -2.66. The van der Waals surface area contributed by atoms with Crippen molar-refractivity contribution in [3.63, 3.8) is 0 Å². The average molecular weight is 645 g/mol. The van der Waals surface area contributed by atoms with Crippen LogP contribution < -0.4 is 10.4 Å². The van der Waals surface area contributed by atoms with Crippen molar-refractivity contribution in [3.8, 4) is 0 Å². The fraction of sp³-hybridized carbons (Fsp3) is 0.605. The van der Waals surface area contributed by atoms with Gasteiger partial charge in [0.15, 0.2) is 0 Å². The molecule has 0 spiro atoms. The van der Waals surface area contributed by atoms with Crippen LogP contribution in [0.5, 0.6) is 0 Å². The molecule has 0 fully saturated rings. The van der Waals surface area contributed by atoms with Gasteiger partial charge in [-0.1, -0.05) is 177 Å². The molecule has 2 rings (SSSR count). The first-order valence-electron chi connectivity index (χ1n) is 19.0. The van der Waals surface area contributed by atoms with Gasteiger partial charge in [0.05, 0.1) is 0 Å². The lowest BCUT2D eigenvalue weighted by Gasteiger charge is -2.43. The Morgan fingerprint density at radius 1 is 0.587 bits per heavy atom. The number of ketones is 1. The van der Waals surface area contributed by atoms with E-state index in [2.05, 4.69) is 113 Å². The zero-order valence-electron chi connectivity index (χ0n) is 30.2. The first kappa shape index (κ1) is 39.9. The second kappa shape index (κ2) is 24.9. The Balaban J connectivity index is 1.49. The molecule has 0 aromatic heterocycles. The van der Waals surface area contributed by atoms with Crippen LogP contribution in [0.3, 0.4) is 0 Å². The molecule has 0 N–H and O–H groups in total. The highest BCUT2D eigenvalue weighted by Crippen LogP contribution is 2.36. The number of hydrogen-bond acceptors (Lipinski definition) is 2. The molecule has 0 radical (unpaired) electrons. The van der Waals surface area contributed by atoms with Crippen LogP contribution in [0.1, 0.15) is 156 Å². The third kappa shape index (κ3) is 16.0. The summed E-state index contributed by atoms with van der Waals surface area (Å²) in [5.74, 6) is 0.475. The molecule has 0 saturated heterocycles. The van der Waals surface area contributed by atoms with E-state index in [1.54, 1.807) is 0 Å². The van der Waals surface area contributed by atoms with Crippen LogP contribution in [0.2, 0.25) is 5.04 Å². The molecule has 0 aliphatic carbocycles. The van der Waals surface area contributed by atoms with E-state index in [4.69, 9.17) is 4.43 Å². The standard InChI is InChI=1S/C43H68O2Si/c1-5-6-7-8-9-10-11-12-13-14-15-16-17-18-21-26-33-40(44)34-27-22-19-20-23-32-39-45-46(43(2,3)4,41-35-28-24-29-36-41)42-37-30-25-31-38-42/h9-10,12-13,24-25,28-31,35-38H,5-8,11,14-23,26-27,32-34,39H2,1-4H3. The van der Waals surface area contributed by atoms with Crippen LogP contribution in [0.15, 0.2) is 85.0 Å². The van der Waals surface area contributed by atoms with Crippen LogP contribution in [0.25, 0.3) is 0 Å². The monoisotopic (exact) mass is 644 g/mol. The summed E-state index contributed by atoms with van der Waals surface area (Å²) in [7, 11) is -2.42. The summed E-state index contributed by atoms with van der Waals surface area (Å²) in [6, 6.07) is 21.9. The van der Waals surface area contributed by atoms with Crippen LogP contribution >= 0.6 is 0 Å². The van der Waals surface area contributed by atoms with E-state index in [1.165, 1.54) is 100 Å². The van der Waals surface area contributed by atoms with Crippen molar-refractivity contribution < 1.29 is 9.22 Å². The summed E-state index contributed by atoms with van der Waals surface area (Å²) in [4.78, 5) is 12.3. The highest BCUT2D eigenvalue weighted by atomic mass is 28.4. The number of unbranched alkanes of at least 4 members (excludes halogenated alkanes) is 14. The van der Waals surface area contributed by atoms with Gasteiger partial charge < -0.3 is 4.43 Å². The van der Waals surface area contributed by atoms with Crippen molar-refractivity contribution >= 4 is 24.5 Å². The fourth-order valence-corrected chi connectivity index (χ4v) is 11.2. The van der Waals surface area contributed by atoms with Gasteiger partial charge in [0, 0.05) is 19.4 Å². The maximum absolute atomic E-state index is 12.3. The molecular weight excluding hydrogens is 577 g/mol. The Hall–Kier alpha value is -2.23. The third-order valence-corrected chi connectivity index (χ3v) is 14.3. The van der Waals surface area contributed by atoms with E-state index in [0.717, 1.165) is 45.1 Å². The summed E-state index contributed by atoms with van der Waals surface area (Å²) in [6.07, 6.45) is 32.8. The molecule has 0 unspecified atom stereocenters. The molecule has 256 valence electrons. The number of Topliss-reactive ketones (excluding diaryl/α,β-unsaturated/α-hetero) is 1. The molecule has 0 aliphatic rings. The van der Waals surface area contributed by atoms with E-state index in [0.29, 0.717) is 5.78 Å². The van der Waals surface area contributed by atoms with Crippen molar-refractivity contribution in [3.05, 3.63) is 85.0 Å². The minimum atomic E-state index is -2.42. The summed E-state index contributed by atoms with van der Waals surface area (Å²) < 4.78 is 7.02. The summed E-state index contributed by atoms with van der Waals surface area (Å²) in [6.45, 7) is 10.1. The highest BCUT2D eigenvalue weighted by Gasteiger charge is 2.49. The molecule has 2 aromatic carbocycles. The second-order valence-corrected chi connectivity index (χ2v) is 18.6. The number of rotatable bonds is 27. The van der Waals surface area contributed by atoms with Gasteiger partial charge in [-0.3, -0.25) is 4.79 Å². The van der Waals surface area contributed by atoms with Gasteiger partial charge in [-0.25, -0.2) is 0 Å². The molecular formula is C43H68O2Si. The molecule has 0 amide bonds. The largest absolute Gasteiger partial charge is 0.407 e. The number of hydrogen-bond donors (Lipinski definition) is 0. The predicted octanol–water partition coefficient (Wildman–Crippen LogP) is 12.1. The van der Waals surface area contributed by atoms with Gasteiger partial charge in [0.2, 0.25) is 0 Å². The summed E-state index contributed by atoms with van der Waals surface area (Å²) in [5, 5.41) is 2.74. The van der Waals surface area contributed by atoms with Gasteiger partial charge >= 0.3 is 0 Å². The van der Waals surface area contributed by atoms with Crippen molar-refractivity contribution in [1.29, 1.82) is 0 Å². The zero-order chi connectivity index (χ0) is 33.2. The van der Waals surface area contributed by atoms with E-state index >= 15 is 0 Å². The average Bonchev–Trinajstić information content (AvgIpc) is 3.05. The fourth-order valence-electron chi connectivity index (χ4n) is 6.55. The molecule has 0 saturated carbocycles. The summed E-state index contributed by atoms with van der Waals surface area (Å²) in [5.41, 5.74) is 0. The Morgan fingerprint density at radius 3 is 1.50 bits per heavy atom. The highest BCUT2D eigenvalue weighted by molar-refractivity contribution is 6.99. The third-order valence-electron chi connectivity index (χ3n) is 9.24. The van der Waals surface area contributed by atoms with Gasteiger partial charge in [0.1, 0.15) is 5.78 Å². The smallest absolute Gasteiger partial charge is 0.261 e. The molecule has 0 aliphatic heterocycles. The van der Waals surface area contributed by atoms with Crippen LogP contribution in [-0.2, 0) is 9.22 Å². The minimum absolute atomic E-state index is 0.0323. The maximum atomic E-state index is 12.3. The minimum Gasteiger partial charge on any atom is -0.407 e. The van der Waals surface area contributed by atoms with E-state index < -0.39 is 8.32 Å². The van der Waals surface area contributed by atoms with Crippen LogP contribution in [0.4, 0.5) is 0 Å². The van der Waals surface area contributed by atoms with Crippen LogP contribution in [-0.4, -0.2) is 20.7 Å². The normalized spacial score (nSPS) is 12.4. The second-order valence-electron chi connectivity index (χ2n) is 14.3. The quantitative estimate of drug-likeness (QED) is 0.0549. The van der Waals surface area contributed by atoms with Gasteiger partial charge in [-0.05, 0) is 66.8 Å². The van der Waals surface area contributed by atoms with Gasteiger partial charge in [-0.2, -0.15) is 0 Å². The van der Waals surface area contributed by atoms with Gasteiger partial charge in [0.25, 0.3) is 8.32 Å². The lowest BCUT2D eigenvalue weighted by molar-refractivity contribution is -0.119. The number of benzene rings is 2. The molecule has 46 heavy (non-hydrogen) atoms. The maximum Gasteiger partial charge on any atom is 0.261 e. The number of carbonyl (C=O) groups excluding carboxylic acids is 1. The van der Waals surface area contributed by atoms with E-state index in [-0.39, 0.29) is 5.04 Å². The van der Waals surface area contributed by atoms with Crippen molar-refractivity contribution in [2.75, 3.05) is 6.61 Å². The molecule has 0 heterocycles. The zero-order valence-corrected chi connectivity index (χ0v) is 31.2. The molecule has 2 aromatic rings. The van der Waals surface area contributed by atoms with Gasteiger partial charge in [-0.15, -0.1) is 0 Å². The first-order chi connectivity index (χ1) is 22.4. The van der Waals surface area contributed by atoms with Crippen molar-refractivity contribution in [2.45, 2.75) is 161 Å². The Kier molecular flexibility index (Phi) is 21.6. The Bertz CT molecular complexity index is 1030. The Labute approximate surface area is 285 Å². The lowest BCUT2D eigenvalue weighted by atomic mass is 10.0. The molecule has 0 bridgehead atoms. The van der Waals surface area contributed by atoms with E-state index in [9.17, 15) is 4.79 Å². The Morgan fingerprint density at radius 2 is 1.02 bits per heavy atom. The van der Waals surface area contributed by atoms with E-state index in [1.807, 2.05) is 0 Å². The predicted molar refractivity (Wildman–Crippen MR) is 205 cm³/mol. The molecule has 0 atom stereocenters. The first-order valence-corrected chi connectivity index (χ1v) is 20.9. The number of allylic oxidation sites excluding steroid dienone is 4.